The Labute approximate surface area is 441 Å². The van der Waals surface area contributed by atoms with Crippen LogP contribution in [-0.2, 0) is 10.8 Å². The minimum Gasteiger partial charge on any atom is -0.309 e. The van der Waals surface area contributed by atoms with E-state index in [9.17, 15) is 0 Å². The van der Waals surface area contributed by atoms with E-state index in [0.29, 0.717) is 0 Å². The van der Waals surface area contributed by atoms with Gasteiger partial charge in [-0.2, -0.15) is 0 Å². The minimum absolute atomic E-state index is 0.491. The van der Waals surface area contributed by atoms with Crippen molar-refractivity contribution in [3.63, 3.8) is 0 Å². The van der Waals surface area contributed by atoms with Gasteiger partial charge in [0.1, 0.15) is 0 Å². The number of para-hydroxylation sites is 4. The molecule has 0 saturated carbocycles. The summed E-state index contributed by atoms with van der Waals surface area (Å²) in [5, 5.41) is 2.56. The summed E-state index contributed by atoms with van der Waals surface area (Å²) in [5.41, 5.74) is 29.0. The number of nitrogens with zero attached hydrogens (tertiary/aromatic N) is 2. The van der Waals surface area contributed by atoms with Crippen molar-refractivity contribution in [2.24, 2.45) is 0 Å². The molecule has 2 nitrogen and oxygen atoms in total. The van der Waals surface area contributed by atoms with Crippen molar-refractivity contribution >= 4 is 38.9 Å². The molecular formula is C74H46N2. The van der Waals surface area contributed by atoms with Crippen molar-refractivity contribution in [3.8, 4) is 61.3 Å². The third-order valence-electron chi connectivity index (χ3n) is 17.6. The van der Waals surface area contributed by atoms with E-state index in [0.717, 1.165) is 28.2 Å². The van der Waals surface area contributed by atoms with Crippen LogP contribution in [0.3, 0.4) is 0 Å². The fourth-order valence-electron chi connectivity index (χ4n) is 14.8. The van der Waals surface area contributed by atoms with Crippen molar-refractivity contribution in [2.75, 3.05) is 4.90 Å². The number of hydrogen-bond acceptors (Lipinski definition) is 1. The van der Waals surface area contributed by atoms with E-state index < -0.39 is 10.8 Å². The van der Waals surface area contributed by atoms with Crippen LogP contribution >= 0.6 is 0 Å². The first kappa shape index (κ1) is 41.7. The van der Waals surface area contributed by atoms with Gasteiger partial charge in [-0.3, -0.25) is 0 Å². The highest BCUT2D eigenvalue weighted by Gasteiger charge is 2.54. The summed E-state index contributed by atoms with van der Waals surface area (Å²) < 4.78 is 2.53. The molecule has 2 heterocycles. The SMILES string of the molecule is c1ccc(-c2ccc(-c3ccccc3N(c3ccc4c(c3)-c3ccccc3C43c4ccccc4-n4c5ccccc5c5cccc3c54)c3cccc4c3-c3ccccc3C43c4ccccc4-c4ccccc43)cc2)cc1. The zero-order chi connectivity index (χ0) is 49.7. The molecule has 76 heavy (non-hydrogen) atoms. The van der Waals surface area contributed by atoms with E-state index in [1.165, 1.54) is 117 Å². The number of rotatable bonds is 5. The highest BCUT2D eigenvalue weighted by Crippen LogP contribution is 2.66. The maximum absolute atomic E-state index is 2.59. The summed E-state index contributed by atoms with van der Waals surface area (Å²) in [6.07, 6.45) is 0. The average Bonchev–Trinajstić information content (AvgIpc) is 4.09. The molecule has 12 aromatic carbocycles. The van der Waals surface area contributed by atoms with Crippen LogP contribution in [0.2, 0.25) is 0 Å². The number of hydrogen-bond donors (Lipinski definition) is 0. The second-order valence-corrected chi connectivity index (χ2v) is 21.0. The van der Waals surface area contributed by atoms with Crippen LogP contribution in [0.4, 0.5) is 17.1 Å². The highest BCUT2D eigenvalue weighted by molar-refractivity contribution is 6.13. The molecule has 1 aliphatic heterocycles. The van der Waals surface area contributed by atoms with Gasteiger partial charge in [-0.05, 0) is 125 Å². The van der Waals surface area contributed by atoms with Crippen LogP contribution in [0.15, 0.2) is 279 Å². The van der Waals surface area contributed by atoms with Crippen LogP contribution in [0.1, 0.15) is 44.5 Å². The van der Waals surface area contributed by atoms with Gasteiger partial charge in [0.2, 0.25) is 0 Å². The van der Waals surface area contributed by atoms with Gasteiger partial charge in [0.25, 0.3) is 0 Å². The van der Waals surface area contributed by atoms with Crippen LogP contribution in [-0.4, -0.2) is 4.57 Å². The summed E-state index contributed by atoms with van der Waals surface area (Å²) in [4.78, 5) is 2.59. The maximum Gasteiger partial charge on any atom is 0.0754 e. The summed E-state index contributed by atoms with van der Waals surface area (Å²) >= 11 is 0. The molecule has 1 unspecified atom stereocenters. The summed E-state index contributed by atoms with van der Waals surface area (Å²) in [6, 6.07) is 105. The standard InChI is InChI=1S/C74H46N2/c1-2-20-47(21-3-1)48-40-42-49(43-41-48)51-22-8-15-36-67(51)75(70-39-19-34-65-71(70)57-27-7-13-32-62(57)73(65)59-29-10-4-23-52(59)53-24-5-11-30-60(53)73)50-44-45-63-58(46-50)54-25-6-12-31-61(54)74(63)64-33-14-17-38-69(64)76-68-37-16-9-26-55(68)56-28-18-35-66(74)72(56)76/h1-46H. The Bertz CT molecular complexity index is 4550. The first-order valence-electron chi connectivity index (χ1n) is 26.6. The zero-order valence-corrected chi connectivity index (χ0v) is 41.5. The van der Waals surface area contributed by atoms with Gasteiger partial charge in [0, 0.05) is 27.6 Å². The molecule has 0 saturated heterocycles. The van der Waals surface area contributed by atoms with E-state index in [4.69, 9.17) is 0 Å². The Morgan fingerprint density at radius 1 is 0.276 bits per heavy atom. The third-order valence-corrected chi connectivity index (χ3v) is 17.6. The number of aromatic nitrogens is 1. The molecule has 2 heteroatoms. The van der Waals surface area contributed by atoms with Gasteiger partial charge in [0.15, 0.2) is 0 Å². The van der Waals surface area contributed by atoms with Crippen molar-refractivity contribution in [3.05, 3.63) is 324 Å². The highest BCUT2D eigenvalue weighted by atomic mass is 15.1. The van der Waals surface area contributed by atoms with Crippen LogP contribution in [0, 0.1) is 0 Å². The normalized spacial score (nSPS) is 15.3. The maximum atomic E-state index is 2.59. The molecule has 0 bridgehead atoms. The van der Waals surface area contributed by atoms with Crippen molar-refractivity contribution in [1.29, 1.82) is 0 Å². The molecule has 0 amide bonds. The molecule has 13 aromatic rings. The van der Waals surface area contributed by atoms with Gasteiger partial charge < -0.3 is 9.47 Å². The lowest BCUT2D eigenvalue weighted by Gasteiger charge is -2.39. The van der Waals surface area contributed by atoms with Crippen LogP contribution in [0.5, 0.6) is 0 Å². The average molecular weight is 963 g/mol. The molecule has 17 rings (SSSR count). The fraction of sp³-hybridized carbons (Fsp3) is 0.0270. The molecule has 4 aliphatic rings. The largest absolute Gasteiger partial charge is 0.309 e. The Morgan fingerprint density at radius 2 is 0.750 bits per heavy atom. The first-order valence-corrected chi connectivity index (χ1v) is 26.6. The molecule has 0 fully saturated rings. The molecule has 1 atom stereocenters. The molecular weight excluding hydrogens is 917 g/mol. The lowest BCUT2D eigenvalue weighted by molar-refractivity contribution is 0.748. The molecule has 0 radical (unpaired) electrons. The Kier molecular flexibility index (Phi) is 8.44. The fourth-order valence-corrected chi connectivity index (χ4v) is 14.8. The Hall–Kier alpha value is -9.76. The molecule has 2 spiro atoms. The lowest BCUT2D eigenvalue weighted by atomic mass is 9.65. The first-order chi connectivity index (χ1) is 37.7. The molecule has 1 aromatic heterocycles. The van der Waals surface area contributed by atoms with Crippen molar-refractivity contribution in [1.82, 2.24) is 4.57 Å². The third kappa shape index (κ3) is 5.20. The summed E-state index contributed by atoms with van der Waals surface area (Å²) in [6.45, 7) is 0. The van der Waals surface area contributed by atoms with Crippen LogP contribution < -0.4 is 4.90 Å². The van der Waals surface area contributed by atoms with Gasteiger partial charge in [-0.15, -0.1) is 0 Å². The number of anilines is 3. The zero-order valence-electron chi connectivity index (χ0n) is 41.5. The van der Waals surface area contributed by atoms with Gasteiger partial charge in [-0.25, -0.2) is 0 Å². The smallest absolute Gasteiger partial charge is 0.0754 e. The second-order valence-electron chi connectivity index (χ2n) is 21.0. The number of fused-ring (bicyclic) bond motifs is 22. The lowest BCUT2D eigenvalue weighted by Crippen LogP contribution is -2.33. The van der Waals surface area contributed by atoms with Crippen LogP contribution in [0.25, 0.3) is 83.1 Å². The Balaban J connectivity index is 0.949. The van der Waals surface area contributed by atoms with Gasteiger partial charge >= 0.3 is 0 Å². The molecule has 352 valence electrons. The molecule has 0 N–H and O–H groups in total. The topological polar surface area (TPSA) is 8.17 Å². The summed E-state index contributed by atoms with van der Waals surface area (Å²) in [5.74, 6) is 0. The summed E-state index contributed by atoms with van der Waals surface area (Å²) in [7, 11) is 0. The Morgan fingerprint density at radius 3 is 1.49 bits per heavy atom. The van der Waals surface area contributed by atoms with Crippen molar-refractivity contribution < 1.29 is 0 Å². The minimum atomic E-state index is -0.559. The van der Waals surface area contributed by atoms with Gasteiger partial charge in [0.05, 0.1) is 38.9 Å². The quantitative estimate of drug-likeness (QED) is 0.167. The molecule has 3 aliphatic carbocycles. The number of benzene rings is 12. The predicted octanol–water partition coefficient (Wildman–Crippen LogP) is 18.6. The predicted molar refractivity (Wildman–Crippen MR) is 313 cm³/mol. The van der Waals surface area contributed by atoms with E-state index in [1.54, 1.807) is 0 Å². The van der Waals surface area contributed by atoms with E-state index >= 15 is 0 Å². The monoisotopic (exact) mass is 962 g/mol. The van der Waals surface area contributed by atoms with E-state index in [1.807, 2.05) is 0 Å². The van der Waals surface area contributed by atoms with Crippen molar-refractivity contribution in [2.45, 2.75) is 10.8 Å². The van der Waals surface area contributed by atoms with Gasteiger partial charge in [-0.1, -0.05) is 243 Å². The van der Waals surface area contributed by atoms with E-state index in [-0.39, 0.29) is 0 Å². The van der Waals surface area contributed by atoms with E-state index in [2.05, 4.69) is 289 Å². The second kappa shape index (κ2) is 15.4.